The summed E-state index contributed by atoms with van der Waals surface area (Å²) in [6.07, 6.45) is 3.46. The molecule has 33 heavy (non-hydrogen) atoms. The molecular weight excluding hydrogens is 527 g/mol. The maximum absolute atomic E-state index is 5.64. The number of halogens is 1. The van der Waals surface area contributed by atoms with Crippen molar-refractivity contribution in [2.45, 2.75) is 33.2 Å². The van der Waals surface area contributed by atoms with Gasteiger partial charge in [-0.2, -0.15) is 0 Å². The molecule has 7 nitrogen and oxygen atoms in total. The van der Waals surface area contributed by atoms with Crippen molar-refractivity contribution in [2.24, 2.45) is 4.99 Å². The minimum absolute atomic E-state index is 0. The van der Waals surface area contributed by atoms with E-state index < -0.39 is 0 Å². The number of aliphatic imine (C=N–C) groups is 1. The molecule has 0 spiro atoms. The highest BCUT2D eigenvalue weighted by molar-refractivity contribution is 14.0. The first kappa shape index (κ1) is 24.8. The van der Waals surface area contributed by atoms with E-state index in [1.54, 1.807) is 13.3 Å². The first-order chi connectivity index (χ1) is 15.6. The minimum Gasteiger partial charge on any atom is -0.444 e. The number of rotatable bonds is 8. The number of fused-ring (bicyclic) bond motifs is 1. The van der Waals surface area contributed by atoms with E-state index >= 15 is 0 Å². The molecule has 2 aromatic carbocycles. The highest BCUT2D eigenvalue weighted by Gasteiger charge is 2.08. The predicted molar refractivity (Wildman–Crippen MR) is 144 cm³/mol. The summed E-state index contributed by atoms with van der Waals surface area (Å²) in [6.45, 7) is 6.59. The van der Waals surface area contributed by atoms with E-state index in [0.717, 1.165) is 61.0 Å². The first-order valence-electron chi connectivity index (χ1n) is 11.0. The molecule has 2 heterocycles. The van der Waals surface area contributed by atoms with Crippen LogP contribution in [0, 0.1) is 13.8 Å². The summed E-state index contributed by atoms with van der Waals surface area (Å²) in [6, 6.07) is 16.5. The molecule has 8 heteroatoms. The Balaban J connectivity index is 0.00000306. The van der Waals surface area contributed by atoms with Crippen LogP contribution in [0.3, 0.4) is 0 Å². The Morgan fingerprint density at radius 3 is 2.55 bits per heavy atom. The second-order valence-electron chi connectivity index (χ2n) is 7.84. The zero-order valence-corrected chi connectivity index (χ0v) is 21.7. The molecule has 2 aromatic heterocycles. The average Bonchev–Trinajstić information content (AvgIpc) is 3.40. The van der Waals surface area contributed by atoms with Gasteiger partial charge in [0, 0.05) is 38.7 Å². The van der Waals surface area contributed by atoms with Crippen LogP contribution in [0.2, 0.25) is 0 Å². The van der Waals surface area contributed by atoms with Crippen LogP contribution in [0.4, 0.5) is 0 Å². The monoisotopic (exact) mass is 558 g/mol. The normalized spacial score (nSPS) is 11.4. The maximum atomic E-state index is 5.64. The number of imidazole rings is 1. The second kappa shape index (κ2) is 11.8. The van der Waals surface area contributed by atoms with Crippen molar-refractivity contribution in [3.8, 4) is 11.5 Å². The topological polar surface area (TPSA) is 80.3 Å². The van der Waals surface area contributed by atoms with E-state index in [2.05, 4.69) is 74.3 Å². The number of hydrogen-bond donors (Lipinski definition) is 2. The van der Waals surface area contributed by atoms with Crippen molar-refractivity contribution >= 4 is 41.0 Å². The number of guanidine groups is 1. The van der Waals surface area contributed by atoms with Gasteiger partial charge in [-0.25, -0.2) is 9.97 Å². The quantitative estimate of drug-likeness (QED) is 0.142. The lowest BCUT2D eigenvalue weighted by Crippen LogP contribution is -2.39. The molecule has 0 amide bonds. The summed E-state index contributed by atoms with van der Waals surface area (Å²) in [4.78, 5) is 13.5. The van der Waals surface area contributed by atoms with Gasteiger partial charge in [0.1, 0.15) is 12.1 Å². The van der Waals surface area contributed by atoms with Crippen LogP contribution < -0.4 is 10.6 Å². The summed E-state index contributed by atoms with van der Waals surface area (Å²) < 4.78 is 7.90. The summed E-state index contributed by atoms with van der Waals surface area (Å²) in [5, 5.41) is 6.73. The molecule has 0 aliphatic rings. The van der Waals surface area contributed by atoms with E-state index in [0.29, 0.717) is 5.89 Å². The SMILES string of the molecule is CN=C(NCCCn1c(C)nc2ccccc21)NCCc1coc(-c2ccc(C)cc2)n1.I. The van der Waals surface area contributed by atoms with Gasteiger partial charge >= 0.3 is 0 Å². The standard InChI is InChI=1S/C25H30N6O.HI/c1-18-9-11-20(12-10-18)24-30-21(17-32-24)13-15-28-25(26-3)27-14-6-16-31-19(2)29-22-7-4-5-8-23(22)31;/h4-5,7-12,17H,6,13-16H2,1-3H3,(H2,26,27,28);1H. The Hall–Kier alpha value is -2.88. The molecule has 0 aliphatic heterocycles. The van der Waals surface area contributed by atoms with Crippen molar-refractivity contribution in [1.29, 1.82) is 0 Å². The van der Waals surface area contributed by atoms with Crippen LogP contribution in [0.5, 0.6) is 0 Å². The van der Waals surface area contributed by atoms with E-state index in [-0.39, 0.29) is 24.0 Å². The number of aryl methyl sites for hydroxylation is 3. The summed E-state index contributed by atoms with van der Waals surface area (Å²) >= 11 is 0. The molecule has 0 unspecified atom stereocenters. The molecule has 4 rings (SSSR count). The van der Waals surface area contributed by atoms with Crippen LogP contribution in [-0.4, -0.2) is 40.6 Å². The molecular formula is C25H31IN6O. The molecule has 174 valence electrons. The Kier molecular flexibility index (Phi) is 8.87. The second-order valence-corrected chi connectivity index (χ2v) is 7.84. The summed E-state index contributed by atoms with van der Waals surface area (Å²) in [5.41, 5.74) is 5.37. The van der Waals surface area contributed by atoms with Gasteiger partial charge < -0.3 is 19.6 Å². The zero-order valence-electron chi connectivity index (χ0n) is 19.3. The van der Waals surface area contributed by atoms with Gasteiger partial charge in [0.25, 0.3) is 0 Å². The fourth-order valence-corrected chi connectivity index (χ4v) is 3.70. The Morgan fingerprint density at radius 1 is 1.00 bits per heavy atom. The average molecular weight is 558 g/mol. The molecule has 0 bridgehead atoms. The van der Waals surface area contributed by atoms with Gasteiger partial charge in [-0.05, 0) is 44.5 Å². The van der Waals surface area contributed by atoms with Gasteiger partial charge in [-0.3, -0.25) is 4.99 Å². The highest BCUT2D eigenvalue weighted by atomic mass is 127. The van der Waals surface area contributed by atoms with E-state index in [9.17, 15) is 0 Å². The van der Waals surface area contributed by atoms with Crippen molar-refractivity contribution < 1.29 is 4.42 Å². The lowest BCUT2D eigenvalue weighted by atomic mass is 10.1. The Labute approximate surface area is 211 Å². The third-order valence-corrected chi connectivity index (χ3v) is 5.44. The van der Waals surface area contributed by atoms with Crippen LogP contribution in [0.15, 0.2) is 64.2 Å². The van der Waals surface area contributed by atoms with Crippen LogP contribution in [0.25, 0.3) is 22.5 Å². The van der Waals surface area contributed by atoms with Crippen LogP contribution in [0.1, 0.15) is 23.5 Å². The largest absolute Gasteiger partial charge is 0.444 e. The van der Waals surface area contributed by atoms with Gasteiger partial charge in [0.15, 0.2) is 5.96 Å². The van der Waals surface area contributed by atoms with Crippen LogP contribution >= 0.6 is 24.0 Å². The lowest BCUT2D eigenvalue weighted by Gasteiger charge is -2.12. The van der Waals surface area contributed by atoms with Crippen molar-refractivity contribution in [3.05, 3.63) is 71.9 Å². The molecule has 0 saturated heterocycles. The Bertz CT molecular complexity index is 1200. The number of hydrogen-bond acceptors (Lipinski definition) is 4. The summed E-state index contributed by atoms with van der Waals surface area (Å²) in [5.74, 6) is 2.50. The van der Waals surface area contributed by atoms with E-state index in [4.69, 9.17) is 4.42 Å². The number of nitrogens with one attached hydrogen (secondary N) is 2. The molecule has 0 fully saturated rings. The fraction of sp³-hybridized carbons (Fsp3) is 0.320. The lowest BCUT2D eigenvalue weighted by molar-refractivity contribution is 0.572. The van der Waals surface area contributed by atoms with Crippen molar-refractivity contribution in [3.63, 3.8) is 0 Å². The fourth-order valence-electron chi connectivity index (χ4n) is 3.70. The smallest absolute Gasteiger partial charge is 0.226 e. The minimum atomic E-state index is 0. The molecule has 4 aromatic rings. The van der Waals surface area contributed by atoms with Gasteiger partial charge in [-0.15, -0.1) is 24.0 Å². The van der Waals surface area contributed by atoms with Gasteiger partial charge in [0.05, 0.1) is 16.7 Å². The number of nitrogens with zero attached hydrogens (tertiary/aromatic N) is 4. The first-order valence-corrected chi connectivity index (χ1v) is 11.0. The maximum Gasteiger partial charge on any atom is 0.226 e. The molecule has 0 saturated carbocycles. The third-order valence-electron chi connectivity index (χ3n) is 5.44. The predicted octanol–water partition coefficient (Wildman–Crippen LogP) is 4.72. The molecule has 0 radical (unpaired) electrons. The number of benzene rings is 2. The Morgan fingerprint density at radius 2 is 1.76 bits per heavy atom. The highest BCUT2D eigenvalue weighted by Crippen LogP contribution is 2.19. The van der Waals surface area contributed by atoms with E-state index in [1.807, 2.05) is 18.2 Å². The van der Waals surface area contributed by atoms with Crippen LogP contribution in [-0.2, 0) is 13.0 Å². The van der Waals surface area contributed by atoms with Crippen molar-refractivity contribution in [1.82, 2.24) is 25.2 Å². The zero-order chi connectivity index (χ0) is 22.3. The molecule has 2 N–H and O–H groups in total. The van der Waals surface area contributed by atoms with Crippen molar-refractivity contribution in [2.75, 3.05) is 20.1 Å². The molecule has 0 atom stereocenters. The number of oxazole rings is 1. The summed E-state index contributed by atoms with van der Waals surface area (Å²) in [7, 11) is 1.79. The van der Waals surface area contributed by atoms with E-state index in [1.165, 1.54) is 11.1 Å². The number of aromatic nitrogens is 3. The third kappa shape index (κ3) is 6.34. The molecule has 0 aliphatic carbocycles. The number of para-hydroxylation sites is 2. The van der Waals surface area contributed by atoms with Gasteiger partial charge in [0.2, 0.25) is 5.89 Å². The van der Waals surface area contributed by atoms with Gasteiger partial charge in [-0.1, -0.05) is 29.8 Å².